The number of hydrogen-bond acceptors (Lipinski definition) is 2. The second-order valence-corrected chi connectivity index (χ2v) is 10.3. The van der Waals surface area contributed by atoms with Gasteiger partial charge in [-0.25, -0.2) is 4.79 Å². The normalized spacial score (nSPS) is 26.4. The minimum Gasteiger partial charge on any atom is -0.423 e. The third-order valence-corrected chi connectivity index (χ3v) is 7.96. The fourth-order valence-corrected chi connectivity index (χ4v) is 5.91. The van der Waals surface area contributed by atoms with E-state index in [1.807, 2.05) is 12.1 Å². The molecule has 0 N–H and O–H groups in total. The minimum absolute atomic E-state index is 0.348. The zero-order chi connectivity index (χ0) is 22.1. The van der Waals surface area contributed by atoms with Crippen molar-refractivity contribution in [3.05, 3.63) is 42.0 Å². The van der Waals surface area contributed by atoms with Crippen molar-refractivity contribution in [1.29, 1.82) is 0 Å². The highest BCUT2D eigenvalue weighted by Gasteiger charge is 2.31. The molecule has 2 heteroatoms. The van der Waals surface area contributed by atoms with E-state index in [1.165, 1.54) is 95.5 Å². The van der Waals surface area contributed by atoms with Gasteiger partial charge in [0.2, 0.25) is 0 Å². The van der Waals surface area contributed by atoms with Gasteiger partial charge >= 0.3 is 5.97 Å². The number of unbranched alkanes of at least 4 members (excludes halogenated alkanes) is 4. The summed E-state index contributed by atoms with van der Waals surface area (Å²) >= 11 is 0. The van der Waals surface area contributed by atoms with Crippen molar-refractivity contribution < 1.29 is 9.53 Å². The lowest BCUT2D eigenvalue weighted by Gasteiger charge is -2.38. The largest absolute Gasteiger partial charge is 0.423 e. The van der Waals surface area contributed by atoms with Crippen LogP contribution in [0.5, 0.6) is 5.75 Å². The Balaban J connectivity index is 1.36. The van der Waals surface area contributed by atoms with E-state index in [4.69, 9.17) is 4.74 Å². The van der Waals surface area contributed by atoms with Crippen LogP contribution in [0.3, 0.4) is 0 Å². The Morgan fingerprint density at radius 2 is 1.45 bits per heavy atom. The summed E-state index contributed by atoms with van der Waals surface area (Å²) in [5.41, 5.74) is 1.84. The van der Waals surface area contributed by atoms with E-state index in [1.54, 1.807) is 6.92 Å². The highest BCUT2D eigenvalue weighted by molar-refractivity contribution is 5.88. The van der Waals surface area contributed by atoms with E-state index in [2.05, 4.69) is 25.6 Å². The van der Waals surface area contributed by atoms with Crippen LogP contribution in [0.2, 0.25) is 0 Å². The topological polar surface area (TPSA) is 26.3 Å². The van der Waals surface area contributed by atoms with Crippen molar-refractivity contribution in [1.82, 2.24) is 0 Å². The van der Waals surface area contributed by atoms with Crippen molar-refractivity contribution in [2.75, 3.05) is 0 Å². The molecule has 172 valence electrons. The first-order valence-corrected chi connectivity index (χ1v) is 13.0. The van der Waals surface area contributed by atoms with E-state index in [9.17, 15) is 4.79 Å². The predicted molar refractivity (Wildman–Crippen MR) is 130 cm³/mol. The number of esters is 1. The number of benzene rings is 1. The van der Waals surface area contributed by atoms with Crippen LogP contribution < -0.4 is 4.74 Å². The molecule has 2 aliphatic rings. The minimum atomic E-state index is -0.348. The Bertz CT molecular complexity index is 673. The molecule has 0 unspecified atom stereocenters. The van der Waals surface area contributed by atoms with Crippen LogP contribution in [0.15, 0.2) is 36.4 Å². The summed E-state index contributed by atoms with van der Waals surface area (Å²) in [6.45, 7) is 7.62. The van der Waals surface area contributed by atoms with Crippen LogP contribution in [0.25, 0.3) is 0 Å². The smallest absolute Gasteiger partial charge is 0.338 e. The van der Waals surface area contributed by atoms with Gasteiger partial charge in [-0.05, 0) is 86.8 Å². The number of carbonyl (C=O) groups is 1. The lowest BCUT2D eigenvalue weighted by atomic mass is 9.68. The number of carbonyl (C=O) groups excluding carboxylic acids is 1. The summed E-state index contributed by atoms with van der Waals surface area (Å²) < 4.78 is 5.33. The van der Waals surface area contributed by atoms with Crippen LogP contribution in [-0.4, -0.2) is 5.97 Å². The summed E-state index contributed by atoms with van der Waals surface area (Å²) in [5, 5.41) is 0. The molecule has 2 nitrogen and oxygen atoms in total. The second-order valence-electron chi connectivity index (χ2n) is 10.3. The first-order chi connectivity index (χ1) is 15.1. The van der Waals surface area contributed by atoms with Gasteiger partial charge in [-0.3, -0.25) is 0 Å². The molecule has 1 aromatic rings. The fraction of sp³-hybridized carbons (Fsp3) is 0.690. The van der Waals surface area contributed by atoms with Gasteiger partial charge in [-0.15, -0.1) is 0 Å². The Labute approximate surface area is 190 Å². The van der Waals surface area contributed by atoms with Crippen LogP contribution in [0, 0.1) is 17.8 Å². The van der Waals surface area contributed by atoms with Gasteiger partial charge in [0.1, 0.15) is 5.75 Å². The van der Waals surface area contributed by atoms with Crippen molar-refractivity contribution >= 4 is 5.97 Å². The van der Waals surface area contributed by atoms with E-state index in [-0.39, 0.29) is 5.97 Å². The lowest BCUT2D eigenvalue weighted by molar-refractivity contribution is -0.130. The van der Waals surface area contributed by atoms with Crippen molar-refractivity contribution in [3.63, 3.8) is 0 Å². The van der Waals surface area contributed by atoms with Gasteiger partial charge < -0.3 is 4.74 Å². The Kier molecular flexibility index (Phi) is 9.68. The van der Waals surface area contributed by atoms with E-state index < -0.39 is 0 Å². The fourth-order valence-electron chi connectivity index (χ4n) is 5.91. The summed E-state index contributed by atoms with van der Waals surface area (Å²) in [6, 6.07) is 8.17. The third kappa shape index (κ3) is 7.51. The molecule has 1 aromatic carbocycles. The van der Waals surface area contributed by atoms with Crippen molar-refractivity contribution in [2.24, 2.45) is 17.8 Å². The Hall–Kier alpha value is -1.57. The first kappa shape index (κ1) is 24.1. The SMILES string of the molecule is C=C(C)C(=O)Oc1ccc(C2CCC(C3CCC(CCCCCCC)CC3)CC2)cc1. The molecule has 0 spiro atoms. The monoisotopic (exact) mass is 424 g/mol. The molecule has 0 amide bonds. The summed E-state index contributed by atoms with van der Waals surface area (Å²) in [4.78, 5) is 11.7. The lowest BCUT2D eigenvalue weighted by Crippen LogP contribution is -2.25. The standard InChI is InChI=1S/C29H44O2/c1-4-5-6-7-8-9-23-10-12-24(13-11-23)25-14-16-26(17-15-25)27-18-20-28(21-19-27)31-29(30)22(2)3/h18-21,23-26H,2,4-17H2,1,3H3. The van der Waals surface area contributed by atoms with Gasteiger partial charge in [0.05, 0.1) is 0 Å². The van der Waals surface area contributed by atoms with Crippen LogP contribution in [-0.2, 0) is 4.79 Å². The zero-order valence-corrected chi connectivity index (χ0v) is 20.0. The summed E-state index contributed by atoms with van der Waals surface area (Å²) in [7, 11) is 0. The predicted octanol–water partition coefficient (Wildman–Crippen LogP) is 8.61. The second kappa shape index (κ2) is 12.5. The maximum Gasteiger partial charge on any atom is 0.338 e. The number of hydrogen-bond donors (Lipinski definition) is 0. The molecule has 2 saturated carbocycles. The number of ether oxygens (including phenoxy) is 1. The molecule has 0 saturated heterocycles. The summed E-state index contributed by atoms with van der Waals surface area (Å²) in [5.74, 6) is 3.90. The average Bonchev–Trinajstić information content (AvgIpc) is 2.80. The van der Waals surface area contributed by atoms with E-state index in [0.29, 0.717) is 17.2 Å². The highest BCUT2D eigenvalue weighted by atomic mass is 16.5. The number of rotatable bonds is 10. The Morgan fingerprint density at radius 3 is 2.03 bits per heavy atom. The van der Waals surface area contributed by atoms with E-state index in [0.717, 1.165) is 17.8 Å². The maximum absolute atomic E-state index is 11.7. The molecule has 0 bridgehead atoms. The molecule has 2 fully saturated rings. The Morgan fingerprint density at radius 1 is 0.871 bits per heavy atom. The van der Waals surface area contributed by atoms with Gasteiger partial charge in [-0.2, -0.15) is 0 Å². The first-order valence-electron chi connectivity index (χ1n) is 13.0. The quantitative estimate of drug-likeness (QED) is 0.163. The van der Waals surface area contributed by atoms with Gasteiger partial charge in [0.25, 0.3) is 0 Å². The van der Waals surface area contributed by atoms with Gasteiger partial charge in [-0.1, -0.05) is 77.0 Å². The maximum atomic E-state index is 11.7. The molecular formula is C29H44O2. The molecule has 0 aliphatic heterocycles. The molecule has 0 atom stereocenters. The molecule has 2 aliphatic carbocycles. The van der Waals surface area contributed by atoms with Crippen LogP contribution in [0.4, 0.5) is 0 Å². The molecule has 3 rings (SSSR count). The molecular weight excluding hydrogens is 380 g/mol. The van der Waals surface area contributed by atoms with Crippen molar-refractivity contribution in [2.45, 2.75) is 110 Å². The molecule has 0 heterocycles. The van der Waals surface area contributed by atoms with Gasteiger partial charge in [0.15, 0.2) is 0 Å². The highest BCUT2D eigenvalue weighted by Crippen LogP contribution is 2.44. The van der Waals surface area contributed by atoms with Crippen molar-refractivity contribution in [3.8, 4) is 5.75 Å². The third-order valence-electron chi connectivity index (χ3n) is 7.96. The summed E-state index contributed by atoms with van der Waals surface area (Å²) in [6.07, 6.45) is 20.0. The van der Waals surface area contributed by atoms with Crippen LogP contribution in [0.1, 0.15) is 115 Å². The van der Waals surface area contributed by atoms with Gasteiger partial charge in [0, 0.05) is 5.57 Å². The zero-order valence-electron chi connectivity index (χ0n) is 20.0. The van der Waals surface area contributed by atoms with E-state index >= 15 is 0 Å². The molecule has 0 radical (unpaired) electrons. The average molecular weight is 425 g/mol. The van der Waals surface area contributed by atoms with Crippen LogP contribution >= 0.6 is 0 Å². The molecule has 0 aromatic heterocycles. The molecule has 31 heavy (non-hydrogen) atoms.